The summed E-state index contributed by atoms with van der Waals surface area (Å²) in [5.74, 6) is -2.59. The predicted octanol–water partition coefficient (Wildman–Crippen LogP) is -0.416. The van der Waals surface area contributed by atoms with Crippen LogP contribution in [-0.4, -0.2) is 48.8 Å². The third-order valence-corrected chi connectivity index (χ3v) is 3.92. The van der Waals surface area contributed by atoms with Crippen molar-refractivity contribution in [3.8, 4) is 0 Å². The zero-order chi connectivity index (χ0) is 15.5. The molecule has 3 N–H and O–H groups in total. The number of rotatable bonds is 6. The standard InChI is InChI=1S/C10H15N3O6S/c1-5(2)7(10(16)19-3)13-20(17,18)8-6(9(14)15)4-11-12-8/h4-5,7,13H,1-3H3,(H,11,12)(H,14,15)/t7-/m0/s1. The van der Waals surface area contributed by atoms with Crippen LogP contribution >= 0.6 is 0 Å². The number of hydrogen-bond acceptors (Lipinski definition) is 6. The van der Waals surface area contributed by atoms with Gasteiger partial charge in [0, 0.05) is 0 Å². The lowest BCUT2D eigenvalue weighted by molar-refractivity contribution is -0.143. The van der Waals surface area contributed by atoms with Crippen molar-refractivity contribution < 1.29 is 27.9 Å². The number of nitrogens with one attached hydrogen (secondary N) is 2. The van der Waals surface area contributed by atoms with Crippen molar-refractivity contribution >= 4 is 22.0 Å². The average Bonchev–Trinajstić information content (AvgIpc) is 2.84. The molecule has 0 fully saturated rings. The Kier molecular flexibility index (Phi) is 4.84. The molecule has 20 heavy (non-hydrogen) atoms. The largest absolute Gasteiger partial charge is 0.478 e. The summed E-state index contributed by atoms with van der Waals surface area (Å²) in [6, 6.07) is -1.13. The molecule has 0 spiro atoms. The Morgan fingerprint density at radius 2 is 2.05 bits per heavy atom. The molecular formula is C10H15N3O6S. The maximum Gasteiger partial charge on any atom is 0.340 e. The second-order valence-corrected chi connectivity index (χ2v) is 5.93. The maximum absolute atomic E-state index is 12.1. The monoisotopic (exact) mass is 305 g/mol. The minimum Gasteiger partial charge on any atom is -0.478 e. The minimum absolute atomic E-state index is 0.381. The highest BCUT2D eigenvalue weighted by atomic mass is 32.2. The van der Waals surface area contributed by atoms with E-state index in [0.29, 0.717) is 0 Å². The highest BCUT2D eigenvalue weighted by molar-refractivity contribution is 7.89. The number of H-pyrrole nitrogens is 1. The number of aromatic nitrogens is 2. The molecule has 1 heterocycles. The van der Waals surface area contributed by atoms with Crippen molar-refractivity contribution in [3.63, 3.8) is 0 Å². The van der Waals surface area contributed by atoms with Gasteiger partial charge in [0.1, 0.15) is 11.6 Å². The Bertz CT molecular complexity index is 606. The fraction of sp³-hybridized carbons (Fsp3) is 0.500. The van der Waals surface area contributed by atoms with Gasteiger partial charge in [-0.1, -0.05) is 13.8 Å². The SMILES string of the molecule is COC(=O)[C@@H](NS(=O)(=O)c1[nH]ncc1C(=O)O)C(C)C. The molecule has 112 valence electrons. The molecule has 0 aliphatic rings. The van der Waals surface area contributed by atoms with Crippen LogP contribution in [0, 0.1) is 5.92 Å². The molecular weight excluding hydrogens is 290 g/mol. The summed E-state index contributed by atoms with van der Waals surface area (Å²) in [7, 11) is -3.11. The maximum atomic E-state index is 12.1. The summed E-state index contributed by atoms with van der Waals surface area (Å²) in [6.07, 6.45) is 0.874. The number of carboxylic acids is 1. The van der Waals surface area contributed by atoms with Crippen molar-refractivity contribution in [1.29, 1.82) is 0 Å². The number of aromatic carboxylic acids is 1. The van der Waals surface area contributed by atoms with Crippen LogP contribution in [0.3, 0.4) is 0 Å². The first-order chi connectivity index (χ1) is 9.20. The van der Waals surface area contributed by atoms with E-state index in [0.717, 1.165) is 13.3 Å². The van der Waals surface area contributed by atoms with Gasteiger partial charge in [-0.2, -0.15) is 9.82 Å². The second kappa shape index (κ2) is 6.01. The Hall–Kier alpha value is -1.94. The second-order valence-electron chi connectivity index (χ2n) is 4.28. The van der Waals surface area contributed by atoms with Gasteiger partial charge in [-0.3, -0.25) is 9.89 Å². The Labute approximate surface area is 115 Å². The van der Waals surface area contributed by atoms with Gasteiger partial charge in [-0.15, -0.1) is 0 Å². The van der Waals surface area contributed by atoms with Crippen molar-refractivity contribution in [2.24, 2.45) is 5.92 Å². The first-order valence-corrected chi connectivity index (χ1v) is 7.05. The number of methoxy groups -OCH3 is 1. The molecule has 0 bridgehead atoms. The van der Waals surface area contributed by atoms with E-state index in [9.17, 15) is 18.0 Å². The normalized spacial score (nSPS) is 13.2. The Balaban J connectivity index is 3.13. The molecule has 0 saturated heterocycles. The number of carboxylic acid groups (broad SMARTS) is 1. The van der Waals surface area contributed by atoms with Crippen LogP contribution in [0.5, 0.6) is 0 Å². The number of hydrogen-bond donors (Lipinski definition) is 3. The van der Waals surface area contributed by atoms with Gasteiger partial charge < -0.3 is 9.84 Å². The Morgan fingerprint density at radius 3 is 2.50 bits per heavy atom. The number of carbonyl (C=O) groups excluding carboxylic acids is 1. The molecule has 0 aliphatic carbocycles. The quantitative estimate of drug-likeness (QED) is 0.607. The van der Waals surface area contributed by atoms with Gasteiger partial charge in [0.05, 0.1) is 13.3 Å². The van der Waals surface area contributed by atoms with Gasteiger partial charge in [-0.05, 0) is 5.92 Å². The molecule has 0 radical (unpaired) electrons. The number of nitrogens with zero attached hydrogens (tertiary/aromatic N) is 1. The molecule has 10 heteroatoms. The summed E-state index contributed by atoms with van der Waals surface area (Å²) in [5, 5.41) is 13.7. The summed E-state index contributed by atoms with van der Waals surface area (Å²) >= 11 is 0. The topological polar surface area (TPSA) is 138 Å². The van der Waals surface area contributed by atoms with Gasteiger partial charge in [0.25, 0.3) is 10.0 Å². The molecule has 1 aromatic rings. The molecule has 0 amide bonds. The molecule has 1 aromatic heterocycles. The number of sulfonamides is 1. The average molecular weight is 305 g/mol. The van der Waals surface area contributed by atoms with Crippen molar-refractivity contribution in [1.82, 2.24) is 14.9 Å². The first kappa shape index (κ1) is 16.1. The van der Waals surface area contributed by atoms with E-state index in [1.54, 1.807) is 13.8 Å². The van der Waals surface area contributed by atoms with Crippen LogP contribution in [0.2, 0.25) is 0 Å². The summed E-state index contributed by atoms with van der Waals surface area (Å²) in [5.41, 5.74) is -0.509. The summed E-state index contributed by atoms with van der Waals surface area (Å²) < 4.78 is 30.8. The van der Waals surface area contributed by atoms with Crippen LogP contribution in [0.25, 0.3) is 0 Å². The van der Waals surface area contributed by atoms with Gasteiger partial charge in [-0.25, -0.2) is 13.2 Å². The minimum atomic E-state index is -4.24. The third kappa shape index (κ3) is 3.33. The zero-order valence-electron chi connectivity index (χ0n) is 11.1. The van der Waals surface area contributed by atoms with Crippen LogP contribution in [0.15, 0.2) is 11.2 Å². The molecule has 1 rings (SSSR count). The number of ether oxygens (including phenoxy) is 1. The van der Waals surface area contributed by atoms with Crippen LogP contribution in [-0.2, 0) is 19.6 Å². The van der Waals surface area contributed by atoms with E-state index >= 15 is 0 Å². The van der Waals surface area contributed by atoms with E-state index in [2.05, 4.69) is 19.7 Å². The smallest absolute Gasteiger partial charge is 0.340 e. The third-order valence-electron chi connectivity index (χ3n) is 2.51. The zero-order valence-corrected chi connectivity index (χ0v) is 11.9. The Morgan fingerprint density at radius 1 is 1.45 bits per heavy atom. The van der Waals surface area contributed by atoms with Crippen molar-refractivity contribution in [2.45, 2.75) is 24.9 Å². The van der Waals surface area contributed by atoms with Gasteiger partial charge >= 0.3 is 11.9 Å². The lowest BCUT2D eigenvalue weighted by atomic mass is 10.1. The number of esters is 1. The van der Waals surface area contributed by atoms with E-state index in [-0.39, 0.29) is 5.92 Å². The van der Waals surface area contributed by atoms with Crippen molar-refractivity contribution in [3.05, 3.63) is 11.8 Å². The summed E-state index contributed by atoms with van der Waals surface area (Å²) in [4.78, 5) is 22.4. The fourth-order valence-electron chi connectivity index (χ4n) is 1.44. The first-order valence-electron chi connectivity index (χ1n) is 5.57. The van der Waals surface area contributed by atoms with E-state index < -0.39 is 38.6 Å². The lowest BCUT2D eigenvalue weighted by Crippen LogP contribution is -2.45. The fourth-order valence-corrected chi connectivity index (χ4v) is 2.86. The van der Waals surface area contributed by atoms with Crippen LogP contribution < -0.4 is 4.72 Å². The van der Waals surface area contributed by atoms with Crippen LogP contribution in [0.4, 0.5) is 0 Å². The molecule has 1 atom stereocenters. The van der Waals surface area contributed by atoms with E-state index in [1.807, 2.05) is 0 Å². The number of aromatic amines is 1. The van der Waals surface area contributed by atoms with Crippen molar-refractivity contribution in [2.75, 3.05) is 7.11 Å². The molecule has 9 nitrogen and oxygen atoms in total. The summed E-state index contributed by atoms with van der Waals surface area (Å²) in [6.45, 7) is 3.24. The van der Waals surface area contributed by atoms with Gasteiger partial charge in [0.15, 0.2) is 5.03 Å². The van der Waals surface area contributed by atoms with E-state index in [1.165, 1.54) is 0 Å². The predicted molar refractivity (Wildman–Crippen MR) is 66.5 cm³/mol. The van der Waals surface area contributed by atoms with Gasteiger partial charge in [0.2, 0.25) is 0 Å². The molecule has 0 saturated carbocycles. The lowest BCUT2D eigenvalue weighted by Gasteiger charge is -2.19. The molecule has 0 aliphatic heterocycles. The highest BCUT2D eigenvalue weighted by Crippen LogP contribution is 2.14. The van der Waals surface area contributed by atoms with E-state index in [4.69, 9.17) is 5.11 Å². The molecule has 0 unspecified atom stereocenters. The number of carbonyl (C=O) groups is 2. The molecule has 0 aromatic carbocycles. The highest BCUT2D eigenvalue weighted by Gasteiger charge is 2.32. The van der Waals surface area contributed by atoms with Crippen LogP contribution in [0.1, 0.15) is 24.2 Å².